The summed E-state index contributed by atoms with van der Waals surface area (Å²) >= 11 is -2.84. The molecule has 50 valence electrons. The average Bonchev–Trinajstić information content (AvgIpc) is 1.87. The zero-order valence-electron chi connectivity index (χ0n) is 6.00. The summed E-state index contributed by atoms with van der Waals surface area (Å²) in [5.41, 5.74) is 0. The molecule has 0 aliphatic heterocycles. The Balaban J connectivity index is 3.58. The second kappa shape index (κ2) is 3.70. The predicted octanol–water partition coefficient (Wildman–Crippen LogP) is 2.96. The minimum absolute atomic E-state index is 0.863. The van der Waals surface area contributed by atoms with Crippen molar-refractivity contribution in [3.8, 4) is 0 Å². The molecule has 0 aliphatic carbocycles. The van der Waals surface area contributed by atoms with Gasteiger partial charge in [-0.3, -0.25) is 0 Å². The van der Waals surface area contributed by atoms with E-state index in [1.165, 1.54) is 0 Å². The van der Waals surface area contributed by atoms with Gasteiger partial charge in [0, 0.05) is 0 Å². The third-order valence-corrected chi connectivity index (χ3v) is 12.8. The van der Waals surface area contributed by atoms with Crippen molar-refractivity contribution in [1.29, 1.82) is 0 Å². The Morgan fingerprint density at radius 2 is 1.25 bits per heavy atom. The van der Waals surface area contributed by atoms with Gasteiger partial charge in [0.05, 0.1) is 0 Å². The van der Waals surface area contributed by atoms with Gasteiger partial charge in [-0.15, -0.1) is 0 Å². The zero-order valence-corrected chi connectivity index (χ0v) is 8.85. The predicted molar refractivity (Wildman–Crippen MR) is 38.3 cm³/mol. The summed E-state index contributed by atoms with van der Waals surface area (Å²) in [5.74, 6) is 0. The summed E-state index contributed by atoms with van der Waals surface area (Å²) in [4.78, 5) is 0. The fraction of sp³-hybridized carbons (Fsp3) is 1.00. The minimum atomic E-state index is -2.84. The maximum atomic E-state index is 13.2. The van der Waals surface area contributed by atoms with Gasteiger partial charge in [0.2, 0.25) is 0 Å². The molecule has 0 aromatic heterocycles. The molecule has 0 bridgehead atoms. The molecule has 0 amide bonds. The van der Waals surface area contributed by atoms with Crippen LogP contribution in [-0.2, 0) is 0 Å². The fourth-order valence-electron chi connectivity index (χ4n) is 0.750. The molecule has 0 rings (SSSR count). The fourth-order valence-corrected chi connectivity index (χ4v) is 5.03. The van der Waals surface area contributed by atoms with E-state index >= 15 is 0 Å². The van der Waals surface area contributed by atoms with E-state index in [9.17, 15) is 2.87 Å². The van der Waals surface area contributed by atoms with Crippen LogP contribution in [0.2, 0.25) is 13.3 Å². The van der Waals surface area contributed by atoms with E-state index in [2.05, 4.69) is 0 Å². The second-order valence-electron chi connectivity index (χ2n) is 2.21. The molecular weight excluding hydrogens is 210 g/mol. The molecule has 8 heavy (non-hydrogen) atoms. The first-order valence-electron chi connectivity index (χ1n) is 3.37. The van der Waals surface area contributed by atoms with E-state index in [0.29, 0.717) is 0 Å². The topological polar surface area (TPSA) is 0 Å². The Morgan fingerprint density at radius 3 is 1.25 bits per heavy atom. The Kier molecular flexibility index (Phi) is 4.03. The molecule has 0 saturated carbocycles. The molecule has 0 unspecified atom stereocenters. The van der Waals surface area contributed by atoms with Crippen molar-refractivity contribution in [3.63, 3.8) is 0 Å². The third-order valence-electron chi connectivity index (χ3n) is 1.90. The molecule has 0 nitrogen and oxygen atoms in total. The number of hydrogen-bond acceptors (Lipinski definition) is 0. The quantitative estimate of drug-likeness (QED) is 0.647. The summed E-state index contributed by atoms with van der Waals surface area (Å²) < 4.78 is 15.8. The van der Waals surface area contributed by atoms with E-state index in [1.54, 1.807) is 0 Å². The normalized spacial score (nSPS) is 12.0. The summed E-state index contributed by atoms with van der Waals surface area (Å²) in [6, 6.07) is 0. The summed E-state index contributed by atoms with van der Waals surface area (Å²) in [5, 5.41) is 0. The summed E-state index contributed by atoms with van der Waals surface area (Å²) in [6.45, 7) is 5.97. The molecule has 0 N–H and O–H groups in total. The molecule has 0 heterocycles. The molecule has 0 saturated heterocycles. The molecule has 0 aromatic carbocycles. The van der Waals surface area contributed by atoms with E-state index in [-0.39, 0.29) is 0 Å². The van der Waals surface area contributed by atoms with Crippen LogP contribution in [0.1, 0.15) is 20.8 Å². The van der Waals surface area contributed by atoms with Crippen molar-refractivity contribution in [2.24, 2.45) is 0 Å². The van der Waals surface area contributed by atoms with Crippen LogP contribution in [0.4, 0.5) is 2.87 Å². The third kappa shape index (κ3) is 2.33. The maximum absolute atomic E-state index is 13.2. The first-order valence-corrected chi connectivity index (χ1v) is 10.5. The number of halogens is 1. The number of rotatable bonds is 3. The van der Waals surface area contributed by atoms with E-state index in [0.717, 1.165) is 13.3 Å². The van der Waals surface area contributed by atoms with Crippen LogP contribution >= 0.6 is 0 Å². The Bertz CT molecular complexity index is 51.3. The molecule has 0 aromatic rings. The zero-order chi connectivity index (χ0) is 6.62. The first-order chi connectivity index (χ1) is 3.68. The average molecular weight is 225 g/mol. The molecule has 0 radical (unpaired) electrons. The molecule has 0 aliphatic rings. The van der Waals surface area contributed by atoms with E-state index < -0.39 is 18.9 Å². The Labute approximate surface area is 56.1 Å². The summed E-state index contributed by atoms with van der Waals surface area (Å²) in [6.07, 6.45) is 0. The van der Waals surface area contributed by atoms with Crippen LogP contribution in [-0.4, -0.2) is 18.9 Å². The monoisotopic (exact) mass is 226 g/mol. The van der Waals surface area contributed by atoms with Gasteiger partial charge in [-0.05, 0) is 0 Å². The van der Waals surface area contributed by atoms with Gasteiger partial charge in [0.25, 0.3) is 0 Å². The second-order valence-corrected chi connectivity index (χ2v) is 14.8. The van der Waals surface area contributed by atoms with Crippen molar-refractivity contribution in [3.05, 3.63) is 0 Å². The van der Waals surface area contributed by atoms with Crippen LogP contribution in [0, 0.1) is 0 Å². The van der Waals surface area contributed by atoms with Gasteiger partial charge in [-0.1, -0.05) is 0 Å². The molecule has 2 heteroatoms. The van der Waals surface area contributed by atoms with Crippen molar-refractivity contribution in [2.75, 3.05) is 0 Å². The van der Waals surface area contributed by atoms with Crippen LogP contribution in [0.25, 0.3) is 0 Å². The van der Waals surface area contributed by atoms with Crippen molar-refractivity contribution >= 4 is 18.9 Å². The standard InChI is InChI=1S/3C2H5.FH.Sn/c3*1-2;;/h3*1H2,2H3;1H;/q;;;;+1/p-1. The molecule has 0 spiro atoms. The van der Waals surface area contributed by atoms with Crippen LogP contribution in [0.15, 0.2) is 0 Å². The van der Waals surface area contributed by atoms with Crippen LogP contribution in [0.5, 0.6) is 0 Å². The van der Waals surface area contributed by atoms with Crippen LogP contribution in [0.3, 0.4) is 0 Å². The van der Waals surface area contributed by atoms with Gasteiger partial charge in [0.1, 0.15) is 0 Å². The van der Waals surface area contributed by atoms with Gasteiger partial charge in [0.15, 0.2) is 0 Å². The molecule has 0 atom stereocenters. The van der Waals surface area contributed by atoms with E-state index in [1.807, 2.05) is 20.8 Å². The summed E-state index contributed by atoms with van der Waals surface area (Å²) in [7, 11) is 0. The molecule has 0 fully saturated rings. The molecular formula is C6H15FSn. The Morgan fingerprint density at radius 1 is 1.00 bits per heavy atom. The van der Waals surface area contributed by atoms with Gasteiger partial charge >= 0.3 is 55.9 Å². The van der Waals surface area contributed by atoms with Gasteiger partial charge < -0.3 is 0 Å². The Hall–Kier alpha value is 0.729. The first kappa shape index (κ1) is 8.73. The SMILES string of the molecule is C[CH2][Sn]([F])([CH2]C)[CH2]C. The van der Waals surface area contributed by atoms with Crippen LogP contribution < -0.4 is 0 Å². The van der Waals surface area contributed by atoms with Crippen molar-refractivity contribution < 1.29 is 2.87 Å². The van der Waals surface area contributed by atoms with Gasteiger partial charge in [-0.25, -0.2) is 0 Å². The van der Waals surface area contributed by atoms with Crippen molar-refractivity contribution in [1.82, 2.24) is 0 Å². The number of hydrogen-bond donors (Lipinski definition) is 0. The van der Waals surface area contributed by atoms with Gasteiger partial charge in [-0.2, -0.15) is 0 Å². The van der Waals surface area contributed by atoms with Crippen molar-refractivity contribution in [2.45, 2.75) is 34.1 Å². The van der Waals surface area contributed by atoms with E-state index in [4.69, 9.17) is 0 Å².